The zero-order chi connectivity index (χ0) is 20.0. The Labute approximate surface area is 167 Å². The minimum atomic E-state index is -0.0535. The van der Waals surface area contributed by atoms with E-state index in [9.17, 15) is 9.59 Å². The van der Waals surface area contributed by atoms with Gasteiger partial charge in [0, 0.05) is 44.9 Å². The zero-order valence-electron chi connectivity index (χ0n) is 16.5. The standard InChI is InChI=1S/C21H24N6O2/c1-25-20(29)16-6-9-22-12-18(16)23-21(25)26-10-7-14(8-11-26)13-27-19(28)5-4-17(24-27)15-2-3-15/h4-6,9,12,14-15H,2-3,7-8,10-11,13H2,1H3. The van der Waals surface area contributed by atoms with Crippen LogP contribution in [0.4, 0.5) is 5.95 Å². The van der Waals surface area contributed by atoms with Crippen LogP contribution in [0, 0.1) is 5.92 Å². The number of hydrogen-bond acceptors (Lipinski definition) is 6. The lowest BCUT2D eigenvalue weighted by molar-refractivity contribution is 0.331. The lowest BCUT2D eigenvalue weighted by Gasteiger charge is -2.33. The first kappa shape index (κ1) is 18.0. The molecule has 2 fully saturated rings. The van der Waals surface area contributed by atoms with E-state index in [0.717, 1.165) is 31.6 Å². The van der Waals surface area contributed by atoms with Gasteiger partial charge in [-0.25, -0.2) is 9.67 Å². The average molecular weight is 392 g/mol. The minimum Gasteiger partial charge on any atom is -0.342 e. The van der Waals surface area contributed by atoms with Crippen LogP contribution < -0.4 is 16.0 Å². The van der Waals surface area contributed by atoms with E-state index in [2.05, 4.69) is 20.0 Å². The molecule has 0 unspecified atom stereocenters. The summed E-state index contributed by atoms with van der Waals surface area (Å²) in [5, 5.41) is 5.18. The predicted molar refractivity (Wildman–Crippen MR) is 110 cm³/mol. The van der Waals surface area contributed by atoms with Gasteiger partial charge in [-0.2, -0.15) is 5.10 Å². The molecule has 3 aromatic rings. The van der Waals surface area contributed by atoms with E-state index in [1.54, 1.807) is 40.8 Å². The van der Waals surface area contributed by atoms with Crippen LogP contribution >= 0.6 is 0 Å². The molecule has 0 spiro atoms. The second kappa shape index (κ2) is 7.09. The molecule has 1 aliphatic heterocycles. The molecule has 0 bridgehead atoms. The molecule has 1 saturated carbocycles. The highest BCUT2D eigenvalue weighted by Gasteiger charge is 2.27. The van der Waals surface area contributed by atoms with Crippen molar-refractivity contribution in [1.82, 2.24) is 24.3 Å². The Kier molecular flexibility index (Phi) is 4.41. The largest absolute Gasteiger partial charge is 0.342 e. The molecule has 0 atom stereocenters. The fourth-order valence-electron chi connectivity index (χ4n) is 4.15. The molecular weight excluding hydrogens is 368 g/mol. The Balaban J connectivity index is 1.32. The fourth-order valence-corrected chi connectivity index (χ4v) is 4.15. The van der Waals surface area contributed by atoms with Crippen molar-refractivity contribution in [2.75, 3.05) is 18.0 Å². The highest BCUT2D eigenvalue weighted by molar-refractivity contribution is 5.77. The maximum Gasteiger partial charge on any atom is 0.266 e. The molecule has 150 valence electrons. The number of hydrogen-bond donors (Lipinski definition) is 0. The molecule has 1 aliphatic carbocycles. The van der Waals surface area contributed by atoms with Crippen molar-refractivity contribution in [3.63, 3.8) is 0 Å². The SMILES string of the molecule is Cn1c(N2CCC(Cn3nc(C4CC4)ccc3=O)CC2)nc2cnccc2c1=O. The lowest BCUT2D eigenvalue weighted by atomic mass is 9.97. The third-order valence-corrected chi connectivity index (χ3v) is 6.07. The molecule has 0 radical (unpaired) electrons. The van der Waals surface area contributed by atoms with E-state index in [1.165, 1.54) is 12.8 Å². The van der Waals surface area contributed by atoms with Crippen molar-refractivity contribution in [3.05, 3.63) is 57.0 Å². The van der Waals surface area contributed by atoms with Gasteiger partial charge >= 0.3 is 0 Å². The summed E-state index contributed by atoms with van der Waals surface area (Å²) in [6, 6.07) is 5.24. The van der Waals surface area contributed by atoms with Gasteiger partial charge in [0.15, 0.2) is 0 Å². The number of piperidine rings is 1. The van der Waals surface area contributed by atoms with Crippen LogP contribution in [0.3, 0.4) is 0 Å². The zero-order valence-corrected chi connectivity index (χ0v) is 16.5. The summed E-state index contributed by atoms with van der Waals surface area (Å²) in [5.41, 5.74) is 1.59. The molecule has 29 heavy (non-hydrogen) atoms. The Hall–Kier alpha value is -3.03. The smallest absolute Gasteiger partial charge is 0.266 e. The van der Waals surface area contributed by atoms with Crippen LogP contribution in [0.1, 0.15) is 37.3 Å². The summed E-state index contributed by atoms with van der Waals surface area (Å²) in [5.74, 6) is 1.61. The fraction of sp³-hybridized carbons (Fsp3) is 0.476. The summed E-state index contributed by atoms with van der Waals surface area (Å²) >= 11 is 0. The Morgan fingerprint density at radius 1 is 1.07 bits per heavy atom. The third-order valence-electron chi connectivity index (χ3n) is 6.07. The summed E-state index contributed by atoms with van der Waals surface area (Å²) in [6.07, 6.45) is 7.47. The number of aromatic nitrogens is 5. The van der Waals surface area contributed by atoms with E-state index in [0.29, 0.717) is 35.2 Å². The van der Waals surface area contributed by atoms with E-state index in [1.807, 2.05) is 6.07 Å². The molecule has 0 aromatic carbocycles. The van der Waals surface area contributed by atoms with Gasteiger partial charge in [-0.05, 0) is 43.7 Å². The Morgan fingerprint density at radius 2 is 1.86 bits per heavy atom. The molecule has 1 saturated heterocycles. The first-order chi connectivity index (χ1) is 14.1. The van der Waals surface area contributed by atoms with Crippen LogP contribution in [0.2, 0.25) is 0 Å². The monoisotopic (exact) mass is 392 g/mol. The second-order valence-corrected chi connectivity index (χ2v) is 8.15. The quantitative estimate of drug-likeness (QED) is 0.672. The van der Waals surface area contributed by atoms with Crippen LogP contribution in [-0.2, 0) is 13.6 Å². The van der Waals surface area contributed by atoms with Gasteiger partial charge in [-0.15, -0.1) is 0 Å². The van der Waals surface area contributed by atoms with Crippen LogP contribution in [0.25, 0.3) is 10.9 Å². The van der Waals surface area contributed by atoms with E-state index >= 15 is 0 Å². The maximum atomic E-state index is 12.6. The normalized spacial score (nSPS) is 17.8. The first-order valence-corrected chi connectivity index (χ1v) is 10.2. The third kappa shape index (κ3) is 3.43. The van der Waals surface area contributed by atoms with Crippen LogP contribution in [0.15, 0.2) is 40.2 Å². The van der Waals surface area contributed by atoms with E-state index < -0.39 is 0 Å². The summed E-state index contributed by atoms with van der Waals surface area (Å²) in [7, 11) is 1.77. The molecule has 2 aliphatic rings. The van der Waals surface area contributed by atoms with Gasteiger partial charge < -0.3 is 4.90 Å². The second-order valence-electron chi connectivity index (χ2n) is 8.15. The van der Waals surface area contributed by atoms with E-state index in [-0.39, 0.29) is 11.1 Å². The molecule has 8 heteroatoms. The van der Waals surface area contributed by atoms with Gasteiger partial charge in [-0.3, -0.25) is 19.1 Å². The van der Waals surface area contributed by atoms with Crippen molar-refractivity contribution in [2.24, 2.45) is 13.0 Å². The van der Waals surface area contributed by atoms with Gasteiger partial charge in [0.25, 0.3) is 11.1 Å². The highest BCUT2D eigenvalue weighted by Crippen LogP contribution is 2.38. The predicted octanol–water partition coefficient (Wildman–Crippen LogP) is 1.68. The van der Waals surface area contributed by atoms with Gasteiger partial charge in [0.1, 0.15) is 0 Å². The molecule has 3 aromatic heterocycles. The average Bonchev–Trinajstić information content (AvgIpc) is 3.58. The van der Waals surface area contributed by atoms with E-state index in [4.69, 9.17) is 0 Å². The van der Waals surface area contributed by atoms with Crippen LogP contribution in [-0.4, -0.2) is 37.4 Å². The van der Waals surface area contributed by atoms with Gasteiger partial charge in [0.2, 0.25) is 5.95 Å². The van der Waals surface area contributed by atoms with Gasteiger partial charge in [-0.1, -0.05) is 0 Å². The molecule has 4 heterocycles. The summed E-state index contributed by atoms with van der Waals surface area (Å²) < 4.78 is 3.26. The van der Waals surface area contributed by atoms with Crippen molar-refractivity contribution in [1.29, 1.82) is 0 Å². The molecular formula is C21H24N6O2. The van der Waals surface area contributed by atoms with Crippen LogP contribution in [0.5, 0.6) is 0 Å². The first-order valence-electron chi connectivity index (χ1n) is 10.2. The molecule has 0 N–H and O–H groups in total. The molecule has 8 nitrogen and oxygen atoms in total. The van der Waals surface area contributed by atoms with Crippen molar-refractivity contribution in [2.45, 2.75) is 38.1 Å². The van der Waals surface area contributed by atoms with Gasteiger partial charge in [0.05, 0.1) is 22.8 Å². The number of anilines is 1. The lowest BCUT2D eigenvalue weighted by Crippen LogP contribution is -2.40. The van der Waals surface area contributed by atoms with Crippen molar-refractivity contribution < 1.29 is 0 Å². The molecule has 5 rings (SSSR count). The Morgan fingerprint density at radius 3 is 2.62 bits per heavy atom. The summed E-state index contributed by atoms with van der Waals surface area (Å²) in [4.78, 5) is 35.8. The number of pyridine rings is 1. The highest BCUT2D eigenvalue weighted by atomic mass is 16.1. The number of nitrogens with zero attached hydrogens (tertiary/aromatic N) is 6. The number of rotatable bonds is 4. The minimum absolute atomic E-state index is 0.0251. The van der Waals surface area contributed by atoms with Crippen molar-refractivity contribution in [3.8, 4) is 0 Å². The van der Waals surface area contributed by atoms with Crippen molar-refractivity contribution >= 4 is 16.9 Å². The number of fused-ring (bicyclic) bond motifs is 1. The summed E-state index contributed by atoms with van der Waals surface area (Å²) in [6.45, 7) is 2.25. The topological polar surface area (TPSA) is 85.9 Å². The Bertz CT molecular complexity index is 1170. The molecule has 0 amide bonds. The maximum absolute atomic E-state index is 12.6.